The van der Waals surface area contributed by atoms with E-state index in [1.165, 1.54) is 5.69 Å². The quantitative estimate of drug-likeness (QED) is 0.314. The molecule has 3 aromatic rings. The second-order valence-electron chi connectivity index (χ2n) is 6.75. The van der Waals surface area contributed by atoms with E-state index in [1.807, 2.05) is 40.9 Å². The van der Waals surface area contributed by atoms with Crippen LogP contribution in [0.2, 0.25) is 0 Å². The van der Waals surface area contributed by atoms with E-state index in [4.69, 9.17) is 4.74 Å². The Hall–Kier alpha value is -2.56. The highest BCUT2D eigenvalue weighted by molar-refractivity contribution is 14.0. The van der Waals surface area contributed by atoms with E-state index in [0.29, 0.717) is 12.6 Å². The van der Waals surface area contributed by atoms with Gasteiger partial charge >= 0.3 is 0 Å². The first-order valence-electron chi connectivity index (χ1n) is 9.41. The zero-order chi connectivity index (χ0) is 19.3. The van der Waals surface area contributed by atoms with Crippen molar-refractivity contribution < 1.29 is 4.74 Å². The van der Waals surface area contributed by atoms with Gasteiger partial charge in [0.2, 0.25) is 0 Å². The van der Waals surface area contributed by atoms with E-state index in [9.17, 15) is 0 Å². The third-order valence-corrected chi connectivity index (χ3v) is 4.97. The van der Waals surface area contributed by atoms with Gasteiger partial charge in [0.25, 0.3) is 0 Å². The summed E-state index contributed by atoms with van der Waals surface area (Å²) >= 11 is 0. The van der Waals surface area contributed by atoms with Crippen LogP contribution in [0, 0.1) is 0 Å². The van der Waals surface area contributed by atoms with Gasteiger partial charge in [-0.3, -0.25) is 9.39 Å². The maximum atomic E-state index is 5.34. The summed E-state index contributed by atoms with van der Waals surface area (Å²) < 4.78 is 7.31. The largest absolute Gasteiger partial charge is 0.497 e. The molecule has 1 saturated heterocycles. The van der Waals surface area contributed by atoms with Crippen molar-refractivity contribution >= 4 is 41.3 Å². The van der Waals surface area contributed by atoms with E-state index in [-0.39, 0.29) is 24.0 Å². The minimum Gasteiger partial charge on any atom is -0.497 e. The molecule has 0 aliphatic carbocycles. The lowest BCUT2D eigenvalue weighted by Crippen LogP contribution is -2.44. The number of nitrogens with zero attached hydrogens (tertiary/aromatic N) is 5. The predicted octanol–water partition coefficient (Wildman–Crippen LogP) is 2.30. The van der Waals surface area contributed by atoms with Crippen molar-refractivity contribution in [2.75, 3.05) is 32.1 Å². The fourth-order valence-corrected chi connectivity index (χ4v) is 3.48. The molecule has 1 aromatic carbocycles. The lowest BCUT2D eigenvalue weighted by molar-refractivity contribution is 0.415. The van der Waals surface area contributed by atoms with E-state index in [2.05, 4.69) is 42.9 Å². The number of hydrogen-bond acceptors (Lipinski definition) is 5. The molecule has 1 aliphatic rings. The summed E-state index contributed by atoms with van der Waals surface area (Å²) in [7, 11) is 3.48. The van der Waals surface area contributed by atoms with Crippen LogP contribution in [-0.4, -0.2) is 53.8 Å². The lowest BCUT2D eigenvalue weighted by Gasteiger charge is -2.20. The summed E-state index contributed by atoms with van der Waals surface area (Å²) in [6, 6.07) is 14.4. The molecule has 2 aromatic heterocycles. The zero-order valence-corrected chi connectivity index (χ0v) is 18.9. The number of anilines is 1. The standard InChI is InChI=1S/C20H25N7O.HI/c1-21-20(22-13-19-25-24-18-8-3-4-10-27(18)19)23-15-9-11-26(14-15)16-6-5-7-17(12-16)28-2;/h3-8,10,12,15H,9,11,13-14H2,1-2H3,(H2,21,22,23);1H. The molecule has 4 rings (SSSR count). The number of fused-ring (bicyclic) bond motifs is 1. The molecule has 0 radical (unpaired) electrons. The summed E-state index contributed by atoms with van der Waals surface area (Å²) in [6.45, 7) is 2.47. The number of halogens is 1. The molecule has 1 aliphatic heterocycles. The molecule has 9 heteroatoms. The molecular weight excluding hydrogens is 481 g/mol. The van der Waals surface area contributed by atoms with E-state index >= 15 is 0 Å². The second-order valence-corrected chi connectivity index (χ2v) is 6.75. The summed E-state index contributed by atoms with van der Waals surface area (Å²) in [5, 5.41) is 15.3. The van der Waals surface area contributed by atoms with Gasteiger partial charge < -0.3 is 20.3 Å². The van der Waals surface area contributed by atoms with Crippen molar-refractivity contribution in [3.05, 3.63) is 54.5 Å². The van der Waals surface area contributed by atoms with Gasteiger partial charge in [0, 0.05) is 44.1 Å². The number of pyridine rings is 1. The summed E-state index contributed by atoms with van der Waals surface area (Å²) in [6.07, 6.45) is 3.01. The fourth-order valence-electron chi connectivity index (χ4n) is 3.48. The molecule has 1 atom stereocenters. The summed E-state index contributed by atoms with van der Waals surface area (Å²) in [4.78, 5) is 6.72. The van der Waals surface area contributed by atoms with Crippen LogP contribution in [0.1, 0.15) is 12.2 Å². The Bertz CT molecular complexity index is 974. The average Bonchev–Trinajstić information content (AvgIpc) is 3.38. The van der Waals surface area contributed by atoms with Crippen molar-refractivity contribution in [2.45, 2.75) is 19.0 Å². The zero-order valence-electron chi connectivity index (χ0n) is 16.6. The number of ether oxygens (including phenoxy) is 1. The number of benzene rings is 1. The summed E-state index contributed by atoms with van der Waals surface area (Å²) in [5.41, 5.74) is 2.02. The first-order chi connectivity index (χ1) is 13.8. The molecule has 29 heavy (non-hydrogen) atoms. The Balaban J connectivity index is 0.00000240. The first kappa shape index (κ1) is 21.2. The van der Waals surface area contributed by atoms with Crippen LogP contribution in [-0.2, 0) is 6.54 Å². The Kier molecular flexibility index (Phi) is 7.13. The lowest BCUT2D eigenvalue weighted by atomic mass is 10.2. The van der Waals surface area contributed by atoms with Crippen LogP contribution in [0.5, 0.6) is 5.75 Å². The Morgan fingerprint density at radius 3 is 2.97 bits per heavy atom. The normalized spacial score (nSPS) is 16.6. The van der Waals surface area contributed by atoms with Crippen LogP contribution in [0.15, 0.2) is 53.7 Å². The van der Waals surface area contributed by atoms with Gasteiger partial charge in [-0.2, -0.15) is 0 Å². The molecule has 8 nitrogen and oxygen atoms in total. The van der Waals surface area contributed by atoms with Crippen molar-refractivity contribution in [1.29, 1.82) is 0 Å². The minimum absolute atomic E-state index is 0. The van der Waals surface area contributed by atoms with E-state index in [1.54, 1.807) is 14.2 Å². The van der Waals surface area contributed by atoms with Crippen molar-refractivity contribution in [1.82, 2.24) is 25.2 Å². The molecule has 0 saturated carbocycles. The van der Waals surface area contributed by atoms with Crippen LogP contribution in [0.3, 0.4) is 0 Å². The summed E-state index contributed by atoms with van der Waals surface area (Å²) in [5.74, 6) is 2.50. The smallest absolute Gasteiger partial charge is 0.191 e. The number of hydrogen-bond donors (Lipinski definition) is 2. The highest BCUT2D eigenvalue weighted by Gasteiger charge is 2.23. The Morgan fingerprint density at radius 1 is 1.24 bits per heavy atom. The van der Waals surface area contributed by atoms with Crippen molar-refractivity contribution in [3.8, 4) is 5.75 Å². The van der Waals surface area contributed by atoms with Crippen LogP contribution in [0.4, 0.5) is 5.69 Å². The van der Waals surface area contributed by atoms with E-state index < -0.39 is 0 Å². The maximum Gasteiger partial charge on any atom is 0.191 e. The van der Waals surface area contributed by atoms with Crippen LogP contribution >= 0.6 is 24.0 Å². The van der Waals surface area contributed by atoms with E-state index in [0.717, 1.165) is 42.7 Å². The molecule has 0 bridgehead atoms. The number of rotatable bonds is 5. The monoisotopic (exact) mass is 507 g/mol. The average molecular weight is 507 g/mol. The molecule has 0 amide bonds. The van der Waals surface area contributed by atoms with Crippen LogP contribution < -0.4 is 20.3 Å². The fraction of sp³-hybridized carbons (Fsp3) is 0.350. The van der Waals surface area contributed by atoms with Gasteiger partial charge in [-0.05, 0) is 30.7 Å². The third-order valence-electron chi connectivity index (χ3n) is 4.97. The SMILES string of the molecule is CN=C(NCc1nnc2ccccn12)NC1CCN(c2cccc(OC)c2)C1.I. The van der Waals surface area contributed by atoms with Crippen molar-refractivity contribution in [3.63, 3.8) is 0 Å². The van der Waals surface area contributed by atoms with Gasteiger partial charge in [-0.1, -0.05) is 12.1 Å². The molecule has 1 unspecified atom stereocenters. The van der Waals surface area contributed by atoms with Crippen molar-refractivity contribution in [2.24, 2.45) is 4.99 Å². The first-order valence-corrected chi connectivity index (χ1v) is 9.41. The van der Waals surface area contributed by atoms with Gasteiger partial charge in [-0.25, -0.2) is 0 Å². The number of aromatic nitrogens is 3. The molecule has 154 valence electrons. The van der Waals surface area contributed by atoms with Gasteiger partial charge in [0.15, 0.2) is 17.4 Å². The van der Waals surface area contributed by atoms with Gasteiger partial charge in [0.1, 0.15) is 5.75 Å². The highest BCUT2D eigenvalue weighted by Crippen LogP contribution is 2.24. The predicted molar refractivity (Wildman–Crippen MR) is 125 cm³/mol. The second kappa shape index (κ2) is 9.77. The molecule has 0 spiro atoms. The maximum absolute atomic E-state index is 5.34. The molecule has 2 N–H and O–H groups in total. The third kappa shape index (κ3) is 4.89. The van der Waals surface area contributed by atoms with Gasteiger partial charge in [-0.15, -0.1) is 34.2 Å². The molecule has 3 heterocycles. The number of aliphatic imine (C=N–C) groups is 1. The number of nitrogens with one attached hydrogen (secondary N) is 2. The van der Waals surface area contributed by atoms with Crippen LogP contribution in [0.25, 0.3) is 5.65 Å². The topological polar surface area (TPSA) is 79.1 Å². The Labute approximate surface area is 187 Å². The highest BCUT2D eigenvalue weighted by atomic mass is 127. The molecule has 1 fully saturated rings. The number of methoxy groups -OCH3 is 1. The van der Waals surface area contributed by atoms with Gasteiger partial charge in [0.05, 0.1) is 13.7 Å². The minimum atomic E-state index is 0. The number of guanidine groups is 1. The Morgan fingerprint density at radius 2 is 2.14 bits per heavy atom. The molecular formula is C20H26IN7O.